The van der Waals surface area contributed by atoms with Gasteiger partial charge in [0.05, 0.1) is 4.90 Å². The molecule has 5 heteroatoms. The summed E-state index contributed by atoms with van der Waals surface area (Å²) in [7, 11) is -3.59. The molecule has 0 spiro atoms. The first-order chi connectivity index (χ1) is 8.99. The Labute approximate surface area is 112 Å². The van der Waals surface area contributed by atoms with E-state index in [1.807, 2.05) is 30.3 Å². The smallest absolute Gasteiger partial charge is 0.241 e. The van der Waals surface area contributed by atoms with E-state index in [4.69, 9.17) is 5.11 Å². The molecule has 100 valence electrons. The fraction of sp³-hybridized carbons (Fsp3) is 0.143. The molecule has 0 aromatic heterocycles. The maximum atomic E-state index is 12.1. The Morgan fingerprint density at radius 3 is 2.16 bits per heavy atom. The van der Waals surface area contributed by atoms with Gasteiger partial charge in [-0.25, -0.2) is 13.1 Å². The molecule has 0 saturated heterocycles. The van der Waals surface area contributed by atoms with Crippen LogP contribution in [0.3, 0.4) is 0 Å². The van der Waals surface area contributed by atoms with E-state index in [0.717, 1.165) is 5.56 Å². The molecule has 0 bridgehead atoms. The van der Waals surface area contributed by atoms with E-state index >= 15 is 0 Å². The van der Waals surface area contributed by atoms with Crippen molar-refractivity contribution in [2.24, 2.45) is 0 Å². The molecule has 1 atom stereocenters. The third-order valence-electron chi connectivity index (χ3n) is 2.78. The number of sulfonamides is 1. The van der Waals surface area contributed by atoms with E-state index in [2.05, 4.69) is 4.72 Å². The molecule has 2 aromatic rings. The quantitative estimate of drug-likeness (QED) is 0.902. The van der Waals surface area contributed by atoms with Crippen molar-refractivity contribution >= 4 is 10.0 Å². The Kier molecular flexibility index (Phi) is 3.87. The van der Waals surface area contributed by atoms with Crippen LogP contribution < -0.4 is 4.72 Å². The summed E-state index contributed by atoms with van der Waals surface area (Å²) in [4.78, 5) is 0.132. The lowest BCUT2D eigenvalue weighted by Crippen LogP contribution is -2.26. The van der Waals surface area contributed by atoms with Gasteiger partial charge in [-0.15, -0.1) is 0 Å². The average Bonchev–Trinajstić information content (AvgIpc) is 2.40. The molecule has 0 radical (unpaired) electrons. The summed E-state index contributed by atoms with van der Waals surface area (Å²) >= 11 is 0. The summed E-state index contributed by atoms with van der Waals surface area (Å²) in [5.41, 5.74) is 0.893. The van der Waals surface area contributed by atoms with Gasteiger partial charge in [0, 0.05) is 6.04 Å². The van der Waals surface area contributed by atoms with Crippen LogP contribution in [0.15, 0.2) is 59.5 Å². The average molecular weight is 277 g/mol. The maximum Gasteiger partial charge on any atom is 0.241 e. The third-order valence-corrected chi connectivity index (χ3v) is 4.34. The second-order valence-corrected chi connectivity index (χ2v) is 5.96. The van der Waals surface area contributed by atoms with Crippen LogP contribution in [0.25, 0.3) is 0 Å². The minimum absolute atomic E-state index is 0.0371. The first kappa shape index (κ1) is 13.6. The van der Waals surface area contributed by atoms with Crippen molar-refractivity contribution < 1.29 is 13.5 Å². The maximum absolute atomic E-state index is 12.1. The highest BCUT2D eigenvalue weighted by molar-refractivity contribution is 7.89. The van der Waals surface area contributed by atoms with Gasteiger partial charge in [0.15, 0.2) is 0 Å². The van der Waals surface area contributed by atoms with Gasteiger partial charge in [-0.1, -0.05) is 30.3 Å². The van der Waals surface area contributed by atoms with Crippen LogP contribution in [-0.2, 0) is 10.0 Å². The van der Waals surface area contributed by atoms with Crippen LogP contribution in [0.1, 0.15) is 18.5 Å². The lowest BCUT2D eigenvalue weighted by molar-refractivity contribution is 0.474. The van der Waals surface area contributed by atoms with Crippen molar-refractivity contribution in [3.05, 3.63) is 60.2 Å². The number of rotatable bonds is 4. The van der Waals surface area contributed by atoms with Gasteiger partial charge in [0.25, 0.3) is 0 Å². The zero-order chi connectivity index (χ0) is 13.9. The van der Waals surface area contributed by atoms with Gasteiger partial charge in [0.2, 0.25) is 10.0 Å². The van der Waals surface area contributed by atoms with Crippen LogP contribution in [0.5, 0.6) is 5.75 Å². The zero-order valence-corrected chi connectivity index (χ0v) is 11.3. The molecule has 4 nitrogen and oxygen atoms in total. The second-order valence-electron chi connectivity index (χ2n) is 4.25. The molecule has 0 fully saturated rings. The van der Waals surface area contributed by atoms with E-state index in [1.165, 1.54) is 24.3 Å². The fourth-order valence-electron chi connectivity index (χ4n) is 1.74. The van der Waals surface area contributed by atoms with Crippen molar-refractivity contribution in [1.82, 2.24) is 4.72 Å². The van der Waals surface area contributed by atoms with E-state index < -0.39 is 10.0 Å². The lowest BCUT2D eigenvalue weighted by atomic mass is 10.1. The van der Waals surface area contributed by atoms with E-state index in [-0.39, 0.29) is 16.7 Å². The Hall–Kier alpha value is -1.85. The predicted octanol–water partition coefficient (Wildman–Crippen LogP) is 2.43. The first-order valence-electron chi connectivity index (χ1n) is 5.85. The molecule has 0 aliphatic carbocycles. The Balaban J connectivity index is 2.20. The normalized spacial score (nSPS) is 13.1. The minimum atomic E-state index is -3.59. The second kappa shape index (κ2) is 5.42. The van der Waals surface area contributed by atoms with Crippen LogP contribution in [0.4, 0.5) is 0 Å². The highest BCUT2D eigenvalue weighted by Gasteiger charge is 2.17. The topological polar surface area (TPSA) is 66.4 Å². The molecule has 0 saturated carbocycles. The molecule has 0 heterocycles. The number of hydrogen-bond donors (Lipinski definition) is 2. The van der Waals surface area contributed by atoms with Crippen molar-refractivity contribution in [3.63, 3.8) is 0 Å². The third kappa shape index (κ3) is 3.33. The number of aromatic hydroxyl groups is 1. The number of phenols is 1. The standard InChI is InChI=1S/C14H15NO3S/c1-11(12-5-3-2-4-6-12)15-19(17,18)14-9-7-13(16)8-10-14/h2-11,15-16H,1H3/t11-/m0/s1. The van der Waals surface area contributed by atoms with Crippen LogP contribution >= 0.6 is 0 Å². The van der Waals surface area contributed by atoms with Crippen LogP contribution in [0.2, 0.25) is 0 Å². The fourth-order valence-corrected chi connectivity index (χ4v) is 2.97. The van der Waals surface area contributed by atoms with Crippen molar-refractivity contribution in [1.29, 1.82) is 0 Å². The van der Waals surface area contributed by atoms with E-state index in [9.17, 15) is 8.42 Å². The SMILES string of the molecule is C[C@H](NS(=O)(=O)c1ccc(O)cc1)c1ccccc1. The number of nitrogens with one attached hydrogen (secondary N) is 1. The number of hydrogen-bond acceptors (Lipinski definition) is 3. The lowest BCUT2D eigenvalue weighted by Gasteiger charge is -2.14. The molecule has 0 aliphatic heterocycles. The molecule has 19 heavy (non-hydrogen) atoms. The molecular formula is C14H15NO3S. The van der Waals surface area contributed by atoms with Gasteiger partial charge < -0.3 is 5.11 Å². The highest BCUT2D eigenvalue weighted by atomic mass is 32.2. The highest BCUT2D eigenvalue weighted by Crippen LogP contribution is 2.18. The minimum Gasteiger partial charge on any atom is -0.508 e. The summed E-state index contributed by atoms with van der Waals surface area (Å²) in [5.74, 6) is 0.0371. The molecule has 2 aromatic carbocycles. The number of benzene rings is 2. The van der Waals surface area contributed by atoms with Gasteiger partial charge in [-0.05, 0) is 36.8 Å². The molecule has 0 aliphatic rings. The zero-order valence-electron chi connectivity index (χ0n) is 10.4. The summed E-state index contributed by atoms with van der Waals surface area (Å²) in [5, 5.41) is 9.17. The van der Waals surface area contributed by atoms with Gasteiger partial charge in [-0.2, -0.15) is 0 Å². The van der Waals surface area contributed by atoms with Crippen LogP contribution in [-0.4, -0.2) is 13.5 Å². The monoisotopic (exact) mass is 277 g/mol. The Morgan fingerprint density at radius 2 is 1.58 bits per heavy atom. The van der Waals surface area contributed by atoms with Crippen LogP contribution in [0, 0.1) is 0 Å². The van der Waals surface area contributed by atoms with Crippen molar-refractivity contribution in [3.8, 4) is 5.75 Å². The molecule has 0 amide bonds. The van der Waals surface area contributed by atoms with Gasteiger partial charge in [-0.3, -0.25) is 0 Å². The molecule has 2 N–H and O–H groups in total. The van der Waals surface area contributed by atoms with Crippen molar-refractivity contribution in [2.45, 2.75) is 17.9 Å². The number of phenolic OH excluding ortho intramolecular Hbond substituents is 1. The summed E-state index contributed by atoms with van der Waals surface area (Å²) in [6.45, 7) is 1.79. The predicted molar refractivity (Wildman–Crippen MR) is 73.3 cm³/mol. The Morgan fingerprint density at radius 1 is 1.00 bits per heavy atom. The summed E-state index contributed by atoms with van der Waals surface area (Å²) in [6.07, 6.45) is 0. The van der Waals surface area contributed by atoms with Gasteiger partial charge >= 0.3 is 0 Å². The summed E-state index contributed by atoms with van der Waals surface area (Å²) < 4.78 is 26.9. The first-order valence-corrected chi connectivity index (χ1v) is 7.34. The van der Waals surface area contributed by atoms with E-state index in [0.29, 0.717) is 0 Å². The molecule has 2 rings (SSSR count). The molecule has 0 unspecified atom stereocenters. The van der Waals surface area contributed by atoms with Gasteiger partial charge in [0.1, 0.15) is 5.75 Å². The summed E-state index contributed by atoms with van der Waals surface area (Å²) in [6, 6.07) is 14.5. The van der Waals surface area contributed by atoms with E-state index in [1.54, 1.807) is 6.92 Å². The molecular weight excluding hydrogens is 262 g/mol. The largest absolute Gasteiger partial charge is 0.508 e. The van der Waals surface area contributed by atoms with Crippen molar-refractivity contribution in [2.75, 3.05) is 0 Å². The Bertz CT molecular complexity index is 636.